The van der Waals surface area contributed by atoms with E-state index in [2.05, 4.69) is 15.9 Å². The molecule has 3 nitrogen and oxygen atoms in total. The first-order valence-electron chi connectivity index (χ1n) is 5.95. The van der Waals surface area contributed by atoms with Gasteiger partial charge in [0.1, 0.15) is 5.82 Å². The van der Waals surface area contributed by atoms with Gasteiger partial charge in [-0.25, -0.2) is 4.39 Å². The quantitative estimate of drug-likeness (QED) is 0.792. The second-order valence-corrected chi connectivity index (χ2v) is 6.29. The Hall–Kier alpha value is -1.53. The van der Waals surface area contributed by atoms with Crippen molar-refractivity contribution in [3.8, 4) is 0 Å². The van der Waals surface area contributed by atoms with Crippen LogP contribution in [0.2, 0.25) is 0 Å². The van der Waals surface area contributed by atoms with Crippen molar-refractivity contribution in [2.75, 3.05) is 11.4 Å². The molecule has 2 aromatic rings. The van der Waals surface area contributed by atoms with E-state index in [9.17, 15) is 14.0 Å². The van der Waals surface area contributed by atoms with E-state index >= 15 is 0 Å². The number of Topliss-reactive ketones (excluding diaryl/α,β-unsaturated/α-hetero) is 1. The topological polar surface area (TPSA) is 37.4 Å². The monoisotopic (exact) mass is 353 g/mol. The standard InChI is InChI=1S/C14H9BrFNO2S/c15-10-6-9-12(7-11(10)16)17(14(19)13(9)18)4-3-8-2-1-5-20-8/h1-2,5-7H,3-4H2. The molecule has 102 valence electrons. The Morgan fingerprint density at radius 1 is 1.30 bits per heavy atom. The number of nitrogens with zero attached hydrogens (tertiary/aromatic N) is 1. The number of fused-ring (bicyclic) bond motifs is 1. The maximum Gasteiger partial charge on any atom is 0.299 e. The van der Waals surface area contributed by atoms with Gasteiger partial charge in [-0.05, 0) is 45.9 Å². The van der Waals surface area contributed by atoms with Crippen molar-refractivity contribution in [1.29, 1.82) is 0 Å². The van der Waals surface area contributed by atoms with Gasteiger partial charge in [-0.2, -0.15) is 0 Å². The van der Waals surface area contributed by atoms with Crippen LogP contribution in [0.15, 0.2) is 34.1 Å². The number of anilines is 1. The van der Waals surface area contributed by atoms with Crippen LogP contribution >= 0.6 is 27.3 Å². The first kappa shape index (κ1) is 13.5. The van der Waals surface area contributed by atoms with Crippen LogP contribution in [0.5, 0.6) is 0 Å². The molecule has 2 heterocycles. The Kier molecular flexibility index (Phi) is 3.43. The van der Waals surface area contributed by atoms with Gasteiger partial charge in [-0.15, -0.1) is 11.3 Å². The van der Waals surface area contributed by atoms with Crippen molar-refractivity contribution in [1.82, 2.24) is 0 Å². The van der Waals surface area contributed by atoms with Crippen molar-refractivity contribution < 1.29 is 14.0 Å². The molecule has 1 aliphatic rings. The lowest BCUT2D eigenvalue weighted by Gasteiger charge is -2.16. The molecule has 0 spiro atoms. The molecule has 1 amide bonds. The molecule has 0 atom stereocenters. The third-order valence-electron chi connectivity index (χ3n) is 3.18. The van der Waals surface area contributed by atoms with E-state index in [1.165, 1.54) is 17.0 Å². The normalized spacial score (nSPS) is 14.0. The van der Waals surface area contributed by atoms with Crippen LogP contribution in [0.3, 0.4) is 0 Å². The number of amides is 1. The minimum atomic E-state index is -0.589. The molecular weight excluding hydrogens is 345 g/mol. The number of rotatable bonds is 3. The smallest absolute Gasteiger partial charge is 0.299 e. The highest BCUT2D eigenvalue weighted by Gasteiger charge is 2.36. The molecule has 0 saturated heterocycles. The fourth-order valence-electron chi connectivity index (χ4n) is 2.19. The predicted octanol–water partition coefficient (Wildman–Crippen LogP) is 3.42. The van der Waals surface area contributed by atoms with E-state index in [4.69, 9.17) is 0 Å². The zero-order valence-corrected chi connectivity index (χ0v) is 12.6. The van der Waals surface area contributed by atoms with Crippen LogP contribution < -0.4 is 4.90 Å². The Bertz CT molecular complexity index is 699. The first-order valence-corrected chi connectivity index (χ1v) is 7.63. The zero-order chi connectivity index (χ0) is 14.3. The number of halogens is 2. The van der Waals surface area contributed by atoms with Crippen LogP contribution in [0.1, 0.15) is 15.2 Å². The second-order valence-electron chi connectivity index (χ2n) is 4.40. The molecule has 1 aromatic carbocycles. The highest BCUT2D eigenvalue weighted by atomic mass is 79.9. The summed E-state index contributed by atoms with van der Waals surface area (Å²) < 4.78 is 13.8. The summed E-state index contributed by atoms with van der Waals surface area (Å²) in [5, 5.41) is 1.96. The van der Waals surface area contributed by atoms with Gasteiger partial charge in [0.05, 0.1) is 15.7 Å². The Balaban J connectivity index is 1.91. The van der Waals surface area contributed by atoms with Gasteiger partial charge in [0.25, 0.3) is 11.7 Å². The van der Waals surface area contributed by atoms with E-state index < -0.39 is 17.5 Å². The average Bonchev–Trinajstić information content (AvgIpc) is 3.00. The minimum absolute atomic E-state index is 0.192. The minimum Gasteiger partial charge on any atom is -0.304 e. The summed E-state index contributed by atoms with van der Waals surface area (Å²) in [6, 6.07) is 6.50. The second kappa shape index (κ2) is 5.10. The maximum absolute atomic E-state index is 13.6. The van der Waals surface area contributed by atoms with E-state index in [1.54, 1.807) is 11.3 Å². The molecule has 0 bridgehead atoms. The lowest BCUT2D eigenvalue weighted by atomic mass is 10.1. The van der Waals surface area contributed by atoms with Crippen molar-refractivity contribution in [2.45, 2.75) is 6.42 Å². The third kappa shape index (κ3) is 2.19. The molecule has 6 heteroatoms. The number of ketones is 1. The van der Waals surface area contributed by atoms with Crippen LogP contribution in [0, 0.1) is 5.82 Å². The van der Waals surface area contributed by atoms with Gasteiger partial charge in [-0.1, -0.05) is 6.07 Å². The summed E-state index contributed by atoms with van der Waals surface area (Å²) >= 11 is 4.62. The number of thiophene rings is 1. The van der Waals surface area contributed by atoms with Crippen molar-refractivity contribution in [3.05, 3.63) is 50.4 Å². The zero-order valence-electron chi connectivity index (χ0n) is 10.2. The lowest BCUT2D eigenvalue weighted by Crippen LogP contribution is -2.31. The Morgan fingerprint density at radius 3 is 2.80 bits per heavy atom. The summed E-state index contributed by atoms with van der Waals surface area (Å²) in [4.78, 5) is 26.4. The largest absolute Gasteiger partial charge is 0.304 e. The van der Waals surface area contributed by atoms with Crippen LogP contribution in [-0.4, -0.2) is 18.2 Å². The average molecular weight is 354 g/mol. The first-order chi connectivity index (χ1) is 9.58. The predicted molar refractivity (Wildman–Crippen MR) is 78.8 cm³/mol. The van der Waals surface area contributed by atoms with E-state index in [1.807, 2.05) is 17.5 Å². The number of carbonyl (C=O) groups excluding carboxylic acids is 2. The summed E-state index contributed by atoms with van der Waals surface area (Å²) in [5.41, 5.74) is 0.617. The van der Waals surface area contributed by atoms with Gasteiger partial charge in [0, 0.05) is 11.4 Å². The molecule has 0 radical (unpaired) electrons. The summed E-state index contributed by atoms with van der Waals surface area (Å²) in [6.07, 6.45) is 0.647. The molecule has 1 aliphatic heterocycles. The molecule has 0 aliphatic carbocycles. The van der Waals surface area contributed by atoms with Gasteiger partial charge in [0.2, 0.25) is 0 Å². The summed E-state index contributed by atoms with van der Waals surface area (Å²) in [5.74, 6) is -1.65. The van der Waals surface area contributed by atoms with Crippen LogP contribution in [0.4, 0.5) is 10.1 Å². The van der Waals surface area contributed by atoms with Gasteiger partial charge >= 0.3 is 0 Å². The number of benzene rings is 1. The van der Waals surface area contributed by atoms with E-state index in [0.717, 1.165) is 4.88 Å². The molecule has 0 saturated carbocycles. The van der Waals surface area contributed by atoms with Crippen molar-refractivity contribution in [3.63, 3.8) is 0 Å². The molecular formula is C14H9BrFNO2S. The lowest BCUT2D eigenvalue weighted by molar-refractivity contribution is -0.114. The van der Waals surface area contributed by atoms with Crippen molar-refractivity contribution in [2.24, 2.45) is 0 Å². The highest BCUT2D eigenvalue weighted by molar-refractivity contribution is 9.10. The fraction of sp³-hybridized carbons (Fsp3) is 0.143. The molecule has 0 fully saturated rings. The molecule has 0 unspecified atom stereocenters. The molecule has 3 rings (SSSR count). The Morgan fingerprint density at radius 2 is 2.10 bits per heavy atom. The van der Waals surface area contributed by atoms with Gasteiger partial charge in [0.15, 0.2) is 0 Å². The van der Waals surface area contributed by atoms with Gasteiger partial charge < -0.3 is 4.90 Å². The Labute approximate surface area is 127 Å². The van der Waals surface area contributed by atoms with Crippen LogP contribution in [0.25, 0.3) is 0 Å². The summed E-state index contributed by atoms with van der Waals surface area (Å²) in [7, 11) is 0. The number of hydrogen-bond acceptors (Lipinski definition) is 3. The van der Waals surface area contributed by atoms with Gasteiger partial charge in [-0.3, -0.25) is 9.59 Å². The molecule has 20 heavy (non-hydrogen) atoms. The molecule has 0 N–H and O–H groups in total. The fourth-order valence-corrected chi connectivity index (χ4v) is 3.23. The highest BCUT2D eigenvalue weighted by Crippen LogP contribution is 2.33. The SMILES string of the molecule is O=C1C(=O)N(CCc2cccs2)c2cc(F)c(Br)cc21. The number of carbonyl (C=O) groups is 2. The van der Waals surface area contributed by atoms with Crippen LogP contribution in [-0.2, 0) is 11.2 Å². The number of hydrogen-bond donors (Lipinski definition) is 0. The van der Waals surface area contributed by atoms with E-state index in [-0.39, 0.29) is 10.0 Å². The molecule has 1 aromatic heterocycles. The van der Waals surface area contributed by atoms with E-state index in [0.29, 0.717) is 18.7 Å². The van der Waals surface area contributed by atoms with Crippen molar-refractivity contribution >= 4 is 44.6 Å². The third-order valence-corrected chi connectivity index (χ3v) is 4.72. The summed E-state index contributed by atoms with van der Waals surface area (Å²) in [6.45, 7) is 0.374. The maximum atomic E-state index is 13.6.